The van der Waals surface area contributed by atoms with Crippen molar-refractivity contribution in [3.63, 3.8) is 0 Å². The maximum Gasteiger partial charge on any atom is 0.296 e. The van der Waals surface area contributed by atoms with E-state index >= 15 is 0 Å². The molecule has 0 aliphatic carbocycles. The molecule has 4 rings (SSSR count). The number of fused-ring (bicyclic) bond motifs is 1. The Bertz CT molecular complexity index is 1400. The highest BCUT2D eigenvalue weighted by Crippen LogP contribution is 2.34. The van der Waals surface area contributed by atoms with Crippen molar-refractivity contribution >= 4 is 16.9 Å². The van der Waals surface area contributed by atoms with Crippen LogP contribution in [0.5, 0.6) is 5.75 Å². The number of hydrogen-bond donors (Lipinski definition) is 0. The number of rotatable bonds is 9. The van der Waals surface area contributed by atoms with Gasteiger partial charge in [-0.15, -0.1) is 0 Å². The normalized spacial score (nSPS) is 12.9. The van der Waals surface area contributed by atoms with E-state index in [1.807, 2.05) is 38.1 Å². The van der Waals surface area contributed by atoms with E-state index in [1.165, 1.54) is 24.0 Å². The molecular formula is C26H29N3O6. The lowest BCUT2D eigenvalue weighted by Crippen LogP contribution is -2.41. The highest BCUT2D eigenvalue weighted by atomic mass is 16.5. The molecule has 0 aliphatic heterocycles. The van der Waals surface area contributed by atoms with Gasteiger partial charge in [0.25, 0.3) is 17.3 Å². The van der Waals surface area contributed by atoms with Crippen molar-refractivity contribution in [3.8, 4) is 17.5 Å². The first-order chi connectivity index (χ1) is 16.6. The molecule has 0 saturated heterocycles. The van der Waals surface area contributed by atoms with Crippen LogP contribution in [0.3, 0.4) is 0 Å². The average molecular weight is 480 g/mol. The molecule has 0 spiro atoms. The molecule has 9 nitrogen and oxygen atoms in total. The Labute approximate surface area is 202 Å². The zero-order chi connectivity index (χ0) is 25.3. The number of pyridine rings is 1. The third kappa shape index (κ3) is 4.64. The van der Waals surface area contributed by atoms with Crippen molar-refractivity contribution in [3.05, 3.63) is 64.4 Å². The SMILES string of the molecule is COc1ccccc1[C@H](Cc1cn(C(C)(C)C(C)=O)c(=O)c2oc(-c3ncco3)nc12)OC(C)C. The molecule has 3 heterocycles. The Morgan fingerprint density at radius 3 is 2.57 bits per heavy atom. The van der Waals surface area contributed by atoms with Gasteiger partial charge in [0.05, 0.1) is 25.5 Å². The fraction of sp³-hybridized carbons (Fsp3) is 0.385. The number of aromatic nitrogens is 3. The number of nitrogens with zero attached hydrogens (tertiary/aromatic N) is 3. The summed E-state index contributed by atoms with van der Waals surface area (Å²) >= 11 is 0. The lowest BCUT2D eigenvalue weighted by atomic mass is 9.97. The summed E-state index contributed by atoms with van der Waals surface area (Å²) in [6, 6.07) is 7.63. The summed E-state index contributed by atoms with van der Waals surface area (Å²) in [5.74, 6) is 0.758. The van der Waals surface area contributed by atoms with Crippen molar-refractivity contribution in [2.24, 2.45) is 0 Å². The highest BCUT2D eigenvalue weighted by molar-refractivity contribution is 5.84. The van der Waals surface area contributed by atoms with Crippen LogP contribution in [0.15, 0.2) is 56.6 Å². The number of oxazole rings is 2. The number of methoxy groups -OCH3 is 1. The van der Waals surface area contributed by atoms with Gasteiger partial charge >= 0.3 is 0 Å². The van der Waals surface area contributed by atoms with E-state index in [-0.39, 0.29) is 29.3 Å². The summed E-state index contributed by atoms with van der Waals surface area (Å²) in [6.07, 6.45) is 4.39. The summed E-state index contributed by atoms with van der Waals surface area (Å²) < 4.78 is 24.4. The number of ketones is 1. The highest BCUT2D eigenvalue weighted by Gasteiger charge is 2.31. The first kappa shape index (κ1) is 24.4. The van der Waals surface area contributed by atoms with Crippen LogP contribution in [0.4, 0.5) is 0 Å². The van der Waals surface area contributed by atoms with Crippen LogP contribution in [0, 0.1) is 0 Å². The second kappa shape index (κ2) is 9.50. The molecule has 0 bridgehead atoms. The van der Waals surface area contributed by atoms with E-state index in [0.29, 0.717) is 23.3 Å². The molecule has 0 unspecified atom stereocenters. The van der Waals surface area contributed by atoms with Crippen LogP contribution in [0.2, 0.25) is 0 Å². The zero-order valence-electron chi connectivity index (χ0n) is 20.7. The summed E-state index contributed by atoms with van der Waals surface area (Å²) in [4.78, 5) is 34.5. The van der Waals surface area contributed by atoms with Gasteiger partial charge in [0.1, 0.15) is 23.1 Å². The first-order valence-corrected chi connectivity index (χ1v) is 11.4. The fourth-order valence-electron chi connectivity index (χ4n) is 3.91. The van der Waals surface area contributed by atoms with Crippen LogP contribution in [0.1, 0.15) is 51.8 Å². The second-order valence-corrected chi connectivity index (χ2v) is 9.10. The van der Waals surface area contributed by atoms with Gasteiger partial charge in [-0.1, -0.05) is 18.2 Å². The van der Waals surface area contributed by atoms with Crippen LogP contribution in [-0.4, -0.2) is 33.5 Å². The first-order valence-electron chi connectivity index (χ1n) is 11.4. The van der Waals surface area contributed by atoms with Crippen LogP contribution < -0.4 is 10.3 Å². The summed E-state index contributed by atoms with van der Waals surface area (Å²) in [5, 5.41) is 0. The molecule has 184 valence electrons. The maximum atomic E-state index is 13.4. The van der Waals surface area contributed by atoms with E-state index in [4.69, 9.17) is 18.3 Å². The van der Waals surface area contributed by atoms with Gasteiger partial charge in [0, 0.05) is 23.7 Å². The number of benzene rings is 1. The number of para-hydroxylation sites is 1. The van der Waals surface area contributed by atoms with Crippen molar-refractivity contribution in [1.82, 2.24) is 14.5 Å². The smallest absolute Gasteiger partial charge is 0.296 e. The molecule has 1 aromatic carbocycles. The van der Waals surface area contributed by atoms with Gasteiger partial charge in [0.2, 0.25) is 5.58 Å². The lowest BCUT2D eigenvalue weighted by Gasteiger charge is -2.27. The largest absolute Gasteiger partial charge is 0.496 e. The van der Waals surface area contributed by atoms with Crippen molar-refractivity contribution < 1.29 is 23.1 Å². The van der Waals surface area contributed by atoms with Gasteiger partial charge in [-0.25, -0.2) is 9.97 Å². The van der Waals surface area contributed by atoms with E-state index in [9.17, 15) is 9.59 Å². The minimum Gasteiger partial charge on any atom is -0.496 e. The summed E-state index contributed by atoms with van der Waals surface area (Å²) in [5.41, 5.74) is 0.352. The second-order valence-electron chi connectivity index (χ2n) is 9.10. The van der Waals surface area contributed by atoms with E-state index in [0.717, 1.165) is 5.56 Å². The van der Waals surface area contributed by atoms with Crippen LogP contribution >= 0.6 is 0 Å². The molecule has 0 saturated carbocycles. The fourth-order valence-corrected chi connectivity index (χ4v) is 3.91. The van der Waals surface area contributed by atoms with E-state index < -0.39 is 17.2 Å². The van der Waals surface area contributed by atoms with Gasteiger partial charge in [-0.05, 0) is 40.7 Å². The lowest BCUT2D eigenvalue weighted by molar-refractivity contribution is -0.124. The number of Topliss-reactive ketones (excluding diaryl/α,β-unsaturated/α-hetero) is 1. The number of ether oxygens (including phenoxy) is 2. The van der Waals surface area contributed by atoms with Gasteiger partial charge < -0.3 is 18.3 Å². The van der Waals surface area contributed by atoms with E-state index in [1.54, 1.807) is 27.2 Å². The van der Waals surface area contributed by atoms with Crippen molar-refractivity contribution in [2.45, 2.75) is 58.8 Å². The number of hydrogen-bond acceptors (Lipinski definition) is 8. The van der Waals surface area contributed by atoms with Crippen molar-refractivity contribution in [2.75, 3.05) is 7.11 Å². The Morgan fingerprint density at radius 2 is 1.94 bits per heavy atom. The monoisotopic (exact) mass is 479 g/mol. The standard InChI is InChI=1S/C26H29N3O6/c1-15(2)34-20(18-9-7-8-10-19(18)32-6)13-17-14-29(26(4,5)16(3)30)25(31)22-21(17)28-24(35-22)23-27-11-12-33-23/h7-12,14-15,20H,13H2,1-6H3/t20-/m0/s1. The van der Waals surface area contributed by atoms with Gasteiger partial charge in [0.15, 0.2) is 5.78 Å². The maximum absolute atomic E-state index is 13.4. The molecule has 0 fully saturated rings. The Balaban J connectivity index is 1.94. The third-order valence-electron chi connectivity index (χ3n) is 6.04. The van der Waals surface area contributed by atoms with Gasteiger partial charge in [-0.2, -0.15) is 0 Å². The molecule has 1 atom stereocenters. The minimum atomic E-state index is -1.10. The minimum absolute atomic E-state index is 0.0216. The molecule has 3 aromatic heterocycles. The quantitative estimate of drug-likeness (QED) is 0.340. The molecule has 0 aliphatic rings. The zero-order valence-corrected chi connectivity index (χ0v) is 20.7. The Hall–Kier alpha value is -3.72. The molecule has 4 aromatic rings. The predicted molar refractivity (Wildman–Crippen MR) is 129 cm³/mol. The molecule has 9 heteroatoms. The molecular weight excluding hydrogens is 450 g/mol. The Kier molecular flexibility index (Phi) is 6.62. The van der Waals surface area contributed by atoms with Crippen molar-refractivity contribution in [1.29, 1.82) is 0 Å². The average Bonchev–Trinajstić information content (AvgIpc) is 3.50. The van der Waals surface area contributed by atoms with E-state index in [2.05, 4.69) is 9.97 Å². The molecule has 0 N–H and O–H groups in total. The van der Waals surface area contributed by atoms with Crippen LogP contribution in [0.25, 0.3) is 22.9 Å². The van der Waals surface area contributed by atoms with Gasteiger partial charge in [-0.3, -0.25) is 14.2 Å². The Morgan fingerprint density at radius 1 is 1.20 bits per heavy atom. The third-order valence-corrected chi connectivity index (χ3v) is 6.04. The number of carbonyl (C=O) groups is 1. The summed E-state index contributed by atoms with van der Waals surface area (Å²) in [6.45, 7) is 8.75. The molecule has 0 radical (unpaired) electrons. The summed E-state index contributed by atoms with van der Waals surface area (Å²) in [7, 11) is 1.61. The van der Waals surface area contributed by atoms with Crippen LogP contribution in [-0.2, 0) is 21.5 Å². The topological polar surface area (TPSA) is 110 Å². The molecule has 0 amide bonds. The predicted octanol–water partition coefficient (Wildman–Crippen LogP) is 4.69. The number of carbonyl (C=O) groups excluding carboxylic acids is 1. The molecule has 35 heavy (non-hydrogen) atoms.